The molecule has 20 heavy (non-hydrogen) atoms. The van der Waals surface area contributed by atoms with E-state index in [1.807, 2.05) is 57.2 Å². The van der Waals surface area contributed by atoms with E-state index in [0.717, 1.165) is 16.8 Å². The van der Waals surface area contributed by atoms with E-state index in [2.05, 4.69) is 0 Å². The van der Waals surface area contributed by atoms with Crippen molar-refractivity contribution in [1.29, 1.82) is 0 Å². The number of hydrogen-bond acceptors (Lipinski definition) is 3. The number of ketones is 1. The largest absolute Gasteiger partial charge is 0.333 e. The molecule has 0 bridgehead atoms. The van der Waals surface area contributed by atoms with E-state index >= 15 is 0 Å². The summed E-state index contributed by atoms with van der Waals surface area (Å²) in [5, 5.41) is 0. The Labute approximate surface area is 118 Å². The minimum Gasteiger partial charge on any atom is -0.333 e. The summed E-state index contributed by atoms with van der Waals surface area (Å²) in [6.45, 7) is 5.78. The first-order valence-corrected chi connectivity index (χ1v) is 6.71. The van der Waals surface area contributed by atoms with Crippen molar-refractivity contribution in [3.8, 4) is 0 Å². The van der Waals surface area contributed by atoms with Crippen LogP contribution in [-0.2, 0) is 9.53 Å². The second-order valence-electron chi connectivity index (χ2n) is 5.67. The van der Waals surface area contributed by atoms with Crippen LogP contribution >= 0.6 is 0 Å². The zero-order chi connectivity index (χ0) is 14.4. The van der Waals surface area contributed by atoms with Crippen molar-refractivity contribution in [3.63, 3.8) is 0 Å². The molecule has 3 heteroatoms. The van der Waals surface area contributed by atoms with Gasteiger partial charge >= 0.3 is 0 Å². The van der Waals surface area contributed by atoms with Gasteiger partial charge in [-0.1, -0.05) is 30.3 Å². The van der Waals surface area contributed by atoms with Gasteiger partial charge in [-0.15, -0.1) is 0 Å². The minimum absolute atomic E-state index is 0.00570. The van der Waals surface area contributed by atoms with Gasteiger partial charge in [0.15, 0.2) is 17.1 Å². The highest BCUT2D eigenvalue weighted by atomic mass is 16.5. The van der Waals surface area contributed by atoms with Gasteiger partial charge in [0.25, 0.3) is 0 Å². The van der Waals surface area contributed by atoms with Gasteiger partial charge in [0.1, 0.15) is 0 Å². The Bertz CT molecular complexity index is 653. The molecule has 0 saturated carbocycles. The normalized spacial score (nSPS) is 27.6. The van der Waals surface area contributed by atoms with Gasteiger partial charge in [-0.05, 0) is 50.1 Å². The highest BCUT2D eigenvalue weighted by Gasteiger charge is 2.48. The van der Waals surface area contributed by atoms with Crippen molar-refractivity contribution >= 4 is 11.5 Å². The Balaban J connectivity index is 2.17. The summed E-state index contributed by atoms with van der Waals surface area (Å²) >= 11 is 0. The van der Waals surface area contributed by atoms with E-state index < -0.39 is 11.3 Å². The second-order valence-corrected chi connectivity index (χ2v) is 5.67. The molecule has 1 atom stereocenters. The van der Waals surface area contributed by atoms with Crippen LogP contribution < -0.4 is 0 Å². The molecule has 1 unspecified atom stereocenters. The Morgan fingerprint density at radius 1 is 1.15 bits per heavy atom. The zero-order valence-electron chi connectivity index (χ0n) is 11.9. The van der Waals surface area contributed by atoms with Crippen molar-refractivity contribution in [3.05, 3.63) is 59.7 Å². The van der Waals surface area contributed by atoms with Gasteiger partial charge in [0.05, 0.1) is 5.71 Å². The smallest absolute Gasteiger partial charge is 0.178 e. The van der Waals surface area contributed by atoms with Crippen molar-refractivity contribution in [2.45, 2.75) is 32.1 Å². The average molecular weight is 267 g/mol. The third-order valence-corrected chi connectivity index (χ3v) is 3.62. The Morgan fingerprint density at radius 3 is 2.50 bits per heavy atom. The van der Waals surface area contributed by atoms with Crippen LogP contribution in [0.5, 0.6) is 0 Å². The first-order valence-electron chi connectivity index (χ1n) is 6.71. The first kappa shape index (κ1) is 13.0. The standard InChI is InChI=1S/C17H17NO2/c1-12-11-14(19)9-10-17(12)15(18-16(2,3)20-17)13-7-5-4-6-8-13/h4-11H,1-3H3. The molecule has 1 spiro atoms. The molecule has 1 aromatic carbocycles. The summed E-state index contributed by atoms with van der Waals surface area (Å²) in [7, 11) is 0. The number of carbonyl (C=O) groups is 1. The van der Waals surface area contributed by atoms with E-state index in [0.29, 0.717) is 0 Å². The number of carbonyl (C=O) groups excluding carboxylic acids is 1. The van der Waals surface area contributed by atoms with Crippen molar-refractivity contribution in [1.82, 2.24) is 0 Å². The third kappa shape index (κ3) is 1.95. The molecule has 3 rings (SSSR count). The van der Waals surface area contributed by atoms with Gasteiger partial charge < -0.3 is 4.74 Å². The Kier molecular flexibility index (Phi) is 2.76. The molecule has 2 aliphatic rings. The van der Waals surface area contributed by atoms with Crippen molar-refractivity contribution < 1.29 is 9.53 Å². The first-order chi connectivity index (χ1) is 9.43. The van der Waals surface area contributed by atoms with Crippen molar-refractivity contribution in [2.24, 2.45) is 4.99 Å². The molecular weight excluding hydrogens is 250 g/mol. The monoisotopic (exact) mass is 267 g/mol. The maximum Gasteiger partial charge on any atom is 0.178 e. The van der Waals surface area contributed by atoms with E-state index in [9.17, 15) is 4.79 Å². The maximum absolute atomic E-state index is 11.6. The van der Waals surface area contributed by atoms with Gasteiger partial charge in [0.2, 0.25) is 0 Å². The van der Waals surface area contributed by atoms with Gasteiger partial charge in [-0.3, -0.25) is 9.79 Å². The molecule has 0 radical (unpaired) electrons. The van der Waals surface area contributed by atoms with E-state index in [1.165, 1.54) is 0 Å². The second kappa shape index (κ2) is 4.25. The molecule has 1 aliphatic carbocycles. The fourth-order valence-corrected chi connectivity index (χ4v) is 2.77. The predicted octanol–water partition coefficient (Wildman–Crippen LogP) is 3.07. The quantitative estimate of drug-likeness (QED) is 0.784. The average Bonchev–Trinajstić information content (AvgIpc) is 2.68. The number of rotatable bonds is 1. The lowest BCUT2D eigenvalue weighted by atomic mass is 9.82. The van der Waals surface area contributed by atoms with Crippen LogP contribution in [0.3, 0.4) is 0 Å². The summed E-state index contributed by atoms with van der Waals surface area (Å²) < 4.78 is 6.19. The summed E-state index contributed by atoms with van der Waals surface area (Å²) in [5.74, 6) is -0.00570. The number of nitrogens with zero attached hydrogens (tertiary/aromatic N) is 1. The highest BCUT2D eigenvalue weighted by molar-refractivity contribution is 6.14. The number of allylic oxidation sites excluding steroid dienone is 2. The summed E-state index contributed by atoms with van der Waals surface area (Å²) in [4.78, 5) is 16.3. The molecule has 0 fully saturated rings. The summed E-state index contributed by atoms with van der Waals surface area (Å²) in [5.41, 5.74) is 1.42. The molecule has 0 amide bonds. The maximum atomic E-state index is 11.6. The molecule has 3 nitrogen and oxygen atoms in total. The van der Waals surface area contributed by atoms with Gasteiger partial charge in [0, 0.05) is 0 Å². The molecule has 1 heterocycles. The lowest BCUT2D eigenvalue weighted by Gasteiger charge is -2.32. The molecule has 0 N–H and O–H groups in total. The molecule has 0 saturated heterocycles. The van der Waals surface area contributed by atoms with Crippen LogP contribution in [0, 0.1) is 0 Å². The van der Waals surface area contributed by atoms with E-state index in [-0.39, 0.29) is 5.78 Å². The van der Waals surface area contributed by atoms with Crippen LogP contribution in [0.15, 0.2) is 59.1 Å². The fourth-order valence-electron chi connectivity index (χ4n) is 2.77. The molecular formula is C17H17NO2. The summed E-state index contributed by atoms with van der Waals surface area (Å²) in [6.07, 6.45) is 5.01. The molecule has 102 valence electrons. The number of ether oxygens (including phenoxy) is 1. The predicted molar refractivity (Wildman–Crippen MR) is 78.8 cm³/mol. The van der Waals surface area contributed by atoms with E-state index in [1.54, 1.807) is 12.2 Å². The van der Waals surface area contributed by atoms with Crippen molar-refractivity contribution in [2.75, 3.05) is 0 Å². The van der Waals surface area contributed by atoms with Gasteiger partial charge in [-0.2, -0.15) is 0 Å². The van der Waals surface area contributed by atoms with Gasteiger partial charge in [-0.25, -0.2) is 0 Å². The highest BCUT2D eigenvalue weighted by Crippen LogP contribution is 2.41. The Hall–Kier alpha value is -2.00. The minimum atomic E-state index is -0.723. The van der Waals surface area contributed by atoms with Crippen LogP contribution in [0.4, 0.5) is 0 Å². The fraction of sp³-hybridized carbons (Fsp3) is 0.294. The SMILES string of the molecule is CC1=CC(=O)C=CC12OC(C)(C)N=C2c1ccccc1. The van der Waals surface area contributed by atoms with Crippen LogP contribution in [0.25, 0.3) is 0 Å². The van der Waals surface area contributed by atoms with Crippen LogP contribution in [0.1, 0.15) is 26.3 Å². The summed E-state index contributed by atoms with van der Waals surface area (Å²) in [6, 6.07) is 9.97. The number of aliphatic imine (C=N–C) groups is 1. The zero-order valence-corrected chi connectivity index (χ0v) is 11.9. The number of hydrogen-bond donors (Lipinski definition) is 0. The third-order valence-electron chi connectivity index (χ3n) is 3.62. The lowest BCUT2D eigenvalue weighted by Crippen LogP contribution is -2.41. The van der Waals surface area contributed by atoms with Crippen LogP contribution in [-0.4, -0.2) is 22.8 Å². The molecule has 1 aromatic rings. The molecule has 0 aromatic heterocycles. The topological polar surface area (TPSA) is 38.7 Å². The molecule has 1 aliphatic heterocycles. The number of benzene rings is 1. The van der Waals surface area contributed by atoms with E-state index in [4.69, 9.17) is 9.73 Å². The lowest BCUT2D eigenvalue weighted by molar-refractivity contribution is -0.111. The van der Waals surface area contributed by atoms with Crippen LogP contribution in [0.2, 0.25) is 0 Å². The Morgan fingerprint density at radius 2 is 1.85 bits per heavy atom.